The quantitative estimate of drug-likeness (QED) is 0.296. The van der Waals surface area contributed by atoms with Crippen molar-refractivity contribution in [3.63, 3.8) is 0 Å². The minimum absolute atomic E-state index is 0.0157. The van der Waals surface area contributed by atoms with Crippen molar-refractivity contribution in [3.8, 4) is 6.19 Å². The summed E-state index contributed by atoms with van der Waals surface area (Å²) in [5.74, 6) is 0. The van der Waals surface area contributed by atoms with E-state index in [0.29, 0.717) is 0 Å². The average Bonchev–Trinajstić information content (AvgIpc) is 2.36. The molecule has 0 spiro atoms. The van der Waals surface area contributed by atoms with Gasteiger partial charge in [-0.3, -0.25) is 31.5 Å². The molecule has 1 aliphatic heterocycles. The fraction of sp³-hybridized carbons (Fsp3) is 0.909. The Labute approximate surface area is 109 Å². The zero-order valence-corrected chi connectivity index (χ0v) is 11.5. The first-order valence-electron chi connectivity index (χ1n) is 6.66. The van der Waals surface area contributed by atoms with E-state index in [4.69, 9.17) is 0 Å². The lowest BCUT2D eigenvalue weighted by molar-refractivity contribution is 0.0766. The highest BCUT2D eigenvalue weighted by Gasteiger charge is 2.28. The lowest BCUT2D eigenvalue weighted by atomic mass is 10.4. The first-order valence-corrected chi connectivity index (χ1v) is 6.66. The second kappa shape index (κ2) is 8.24. The maximum absolute atomic E-state index is 9.18. The van der Waals surface area contributed by atoms with E-state index >= 15 is 0 Å². The number of nitrogens with one attached hydrogen (secondary N) is 5. The van der Waals surface area contributed by atoms with E-state index in [9.17, 15) is 5.26 Å². The molecule has 0 unspecified atom stereocenters. The van der Waals surface area contributed by atoms with Crippen LogP contribution in [0, 0.1) is 11.5 Å². The maximum atomic E-state index is 9.18. The second-order valence-electron chi connectivity index (χ2n) is 4.18. The van der Waals surface area contributed by atoms with Gasteiger partial charge in [0.05, 0.1) is 0 Å². The van der Waals surface area contributed by atoms with Crippen LogP contribution < -0.4 is 26.6 Å². The second-order valence-corrected chi connectivity index (χ2v) is 4.18. The molecule has 1 aliphatic rings. The standard InChI is InChI=1S/C11H25N7/c1-4-7-18(8-12)11-16-9(13-5-2)15-10(17-11)14-6-3/h9-11,13-17H,4-7H2,1-3H3/t9-,10-/m0/s1. The first kappa shape index (κ1) is 15.1. The van der Waals surface area contributed by atoms with Crippen LogP contribution in [0.3, 0.4) is 0 Å². The van der Waals surface area contributed by atoms with Gasteiger partial charge in [-0.15, -0.1) is 0 Å². The Hall–Kier alpha value is -0.910. The Morgan fingerprint density at radius 3 is 2.00 bits per heavy atom. The van der Waals surface area contributed by atoms with Gasteiger partial charge < -0.3 is 0 Å². The number of hydrogen-bond donors (Lipinski definition) is 5. The number of nitriles is 1. The van der Waals surface area contributed by atoms with Crippen molar-refractivity contribution in [2.45, 2.75) is 46.1 Å². The molecule has 1 saturated heterocycles. The third-order valence-electron chi connectivity index (χ3n) is 2.70. The third-order valence-corrected chi connectivity index (χ3v) is 2.70. The van der Waals surface area contributed by atoms with Crippen molar-refractivity contribution in [1.82, 2.24) is 31.5 Å². The van der Waals surface area contributed by atoms with E-state index in [0.717, 1.165) is 26.1 Å². The van der Waals surface area contributed by atoms with Gasteiger partial charge in [-0.05, 0) is 19.5 Å². The smallest absolute Gasteiger partial charge is 0.181 e. The summed E-state index contributed by atoms with van der Waals surface area (Å²) in [7, 11) is 0. The zero-order valence-electron chi connectivity index (χ0n) is 11.5. The summed E-state index contributed by atoms with van der Waals surface area (Å²) in [5.41, 5.74) is 0. The highest BCUT2D eigenvalue weighted by Crippen LogP contribution is 1.99. The largest absolute Gasteiger partial charge is 0.290 e. The number of rotatable bonds is 7. The Bertz CT molecular complexity index is 251. The average molecular weight is 255 g/mol. The Morgan fingerprint density at radius 1 is 1.06 bits per heavy atom. The molecular weight excluding hydrogens is 230 g/mol. The third kappa shape index (κ3) is 4.40. The van der Waals surface area contributed by atoms with E-state index in [2.05, 4.69) is 53.5 Å². The number of hydrogen-bond acceptors (Lipinski definition) is 7. The zero-order chi connectivity index (χ0) is 13.4. The highest BCUT2D eigenvalue weighted by molar-refractivity contribution is 4.86. The van der Waals surface area contributed by atoms with E-state index in [1.165, 1.54) is 0 Å². The van der Waals surface area contributed by atoms with Gasteiger partial charge >= 0.3 is 0 Å². The van der Waals surface area contributed by atoms with Gasteiger partial charge in [-0.2, -0.15) is 5.26 Å². The summed E-state index contributed by atoms with van der Waals surface area (Å²) in [5, 5.41) is 25.7. The molecule has 0 aromatic heterocycles. The van der Waals surface area contributed by atoms with E-state index in [1.54, 1.807) is 4.90 Å². The van der Waals surface area contributed by atoms with Crippen molar-refractivity contribution in [2.24, 2.45) is 0 Å². The minimum Gasteiger partial charge on any atom is -0.290 e. The molecule has 7 heteroatoms. The van der Waals surface area contributed by atoms with Gasteiger partial charge in [0, 0.05) is 6.54 Å². The molecule has 0 radical (unpaired) electrons. The van der Waals surface area contributed by atoms with Crippen LogP contribution >= 0.6 is 0 Å². The molecule has 0 saturated carbocycles. The highest BCUT2D eigenvalue weighted by atomic mass is 15.5. The van der Waals surface area contributed by atoms with Crippen molar-refractivity contribution < 1.29 is 0 Å². The molecule has 0 bridgehead atoms. The lowest BCUT2D eigenvalue weighted by Gasteiger charge is -2.42. The molecule has 0 aromatic rings. The SMILES string of the molecule is CCCN(C#N)C1N[C@@H](NCC)N[C@H](NCC)N1. The van der Waals surface area contributed by atoms with Crippen LogP contribution in [0.4, 0.5) is 0 Å². The predicted octanol–water partition coefficient (Wildman–Crippen LogP) is -0.968. The summed E-state index contributed by atoms with van der Waals surface area (Å²) in [6.07, 6.45) is 2.97. The maximum Gasteiger partial charge on any atom is 0.181 e. The van der Waals surface area contributed by atoms with Gasteiger partial charge in [0.1, 0.15) is 18.9 Å². The van der Waals surface area contributed by atoms with Crippen molar-refractivity contribution in [1.29, 1.82) is 5.26 Å². The minimum atomic E-state index is -0.163. The van der Waals surface area contributed by atoms with Gasteiger partial charge in [0.2, 0.25) is 0 Å². The van der Waals surface area contributed by atoms with Crippen LogP contribution in [-0.4, -0.2) is 43.4 Å². The molecule has 2 atom stereocenters. The predicted molar refractivity (Wildman–Crippen MR) is 70.7 cm³/mol. The fourth-order valence-corrected chi connectivity index (χ4v) is 1.93. The molecule has 0 amide bonds. The normalized spacial score (nSPS) is 27.8. The first-order chi connectivity index (χ1) is 8.74. The van der Waals surface area contributed by atoms with Crippen molar-refractivity contribution in [3.05, 3.63) is 0 Å². The van der Waals surface area contributed by atoms with Gasteiger partial charge in [-0.1, -0.05) is 20.8 Å². The van der Waals surface area contributed by atoms with Crippen molar-refractivity contribution in [2.75, 3.05) is 19.6 Å². The molecule has 1 heterocycles. The summed E-state index contributed by atoms with van der Waals surface area (Å²) in [4.78, 5) is 1.72. The lowest BCUT2D eigenvalue weighted by Crippen LogP contribution is -2.77. The number of nitrogens with zero attached hydrogens (tertiary/aromatic N) is 2. The monoisotopic (exact) mass is 255 g/mol. The van der Waals surface area contributed by atoms with E-state index in [-0.39, 0.29) is 18.9 Å². The van der Waals surface area contributed by atoms with Crippen molar-refractivity contribution >= 4 is 0 Å². The molecule has 0 aliphatic carbocycles. The van der Waals surface area contributed by atoms with Gasteiger partial charge in [-0.25, -0.2) is 0 Å². The molecule has 1 rings (SSSR count). The Balaban J connectivity index is 2.62. The van der Waals surface area contributed by atoms with Gasteiger partial charge in [0.25, 0.3) is 0 Å². The van der Waals surface area contributed by atoms with Crippen LogP contribution in [0.1, 0.15) is 27.2 Å². The molecule has 1 fully saturated rings. The topological polar surface area (TPSA) is 87.2 Å². The molecule has 0 aromatic carbocycles. The molecular formula is C11H25N7. The summed E-state index contributed by atoms with van der Waals surface area (Å²) >= 11 is 0. The summed E-state index contributed by atoms with van der Waals surface area (Å²) < 4.78 is 0. The summed E-state index contributed by atoms with van der Waals surface area (Å²) in [6, 6.07) is 0. The molecule has 7 nitrogen and oxygen atoms in total. The fourth-order valence-electron chi connectivity index (χ4n) is 1.93. The van der Waals surface area contributed by atoms with Crippen LogP contribution in [-0.2, 0) is 0 Å². The Kier molecular flexibility index (Phi) is 6.93. The molecule has 104 valence electrons. The van der Waals surface area contributed by atoms with Crippen LogP contribution in [0.15, 0.2) is 0 Å². The molecule has 18 heavy (non-hydrogen) atoms. The summed E-state index contributed by atoms with van der Waals surface area (Å²) in [6.45, 7) is 8.62. The van der Waals surface area contributed by atoms with E-state index in [1.807, 2.05) is 0 Å². The van der Waals surface area contributed by atoms with E-state index < -0.39 is 0 Å². The van der Waals surface area contributed by atoms with Crippen LogP contribution in [0.5, 0.6) is 0 Å². The van der Waals surface area contributed by atoms with Crippen LogP contribution in [0.2, 0.25) is 0 Å². The van der Waals surface area contributed by atoms with Gasteiger partial charge in [0.15, 0.2) is 6.19 Å². The van der Waals surface area contributed by atoms with Crippen LogP contribution in [0.25, 0.3) is 0 Å². The molecule has 5 N–H and O–H groups in total. The Morgan fingerprint density at radius 2 is 1.61 bits per heavy atom.